The molecule has 2 aliphatic rings. The summed E-state index contributed by atoms with van der Waals surface area (Å²) in [5.41, 5.74) is 1.18. The van der Waals surface area contributed by atoms with E-state index in [1.165, 1.54) is 9.58 Å². The Morgan fingerprint density at radius 3 is 2.25 bits per heavy atom. The molecule has 2 heterocycles. The van der Waals surface area contributed by atoms with Crippen molar-refractivity contribution in [2.45, 2.75) is 25.9 Å². The molecule has 5 rings (SSSR count). The molecule has 8 nitrogen and oxygen atoms in total. The van der Waals surface area contributed by atoms with Gasteiger partial charge in [-0.15, -0.1) is 0 Å². The standard InChI is InChI=1S/C24H22N4O4/c1-15-12-18-19(22(30)27(21(18)29)17-10-6-3-7-11-17)13-20(15)28-24(32)26(23(31)25-28)14-16-8-4-2-5-9-16/h2-12,18-20H,13-14H2,1H3,(H,25,31)/t18-,19+,20-/m0/s1. The molecular formula is C24H22N4O4. The molecule has 0 radical (unpaired) electrons. The van der Waals surface area contributed by atoms with Crippen molar-refractivity contribution >= 4 is 17.5 Å². The smallest absolute Gasteiger partial charge is 0.274 e. The van der Waals surface area contributed by atoms with Crippen LogP contribution in [0.5, 0.6) is 0 Å². The summed E-state index contributed by atoms with van der Waals surface area (Å²) in [6.45, 7) is 1.98. The summed E-state index contributed by atoms with van der Waals surface area (Å²) in [5.74, 6) is -1.68. The lowest BCUT2D eigenvalue weighted by Crippen LogP contribution is -2.35. The van der Waals surface area contributed by atoms with E-state index in [1.54, 1.807) is 30.3 Å². The van der Waals surface area contributed by atoms with E-state index in [-0.39, 0.29) is 24.8 Å². The minimum absolute atomic E-state index is 0.155. The Labute approximate surface area is 183 Å². The van der Waals surface area contributed by atoms with Crippen molar-refractivity contribution in [3.8, 4) is 0 Å². The van der Waals surface area contributed by atoms with Crippen LogP contribution in [0, 0.1) is 11.8 Å². The summed E-state index contributed by atoms with van der Waals surface area (Å²) < 4.78 is 2.43. The molecule has 0 bridgehead atoms. The number of nitrogens with one attached hydrogen (secondary N) is 1. The molecule has 0 saturated carbocycles. The fourth-order valence-electron chi connectivity index (χ4n) is 4.69. The molecule has 1 aromatic heterocycles. The number of allylic oxidation sites excluding steroid dienone is 1. The van der Waals surface area contributed by atoms with Gasteiger partial charge in [0.2, 0.25) is 11.8 Å². The molecule has 8 heteroatoms. The lowest BCUT2D eigenvalue weighted by Gasteiger charge is -2.27. The lowest BCUT2D eigenvalue weighted by molar-refractivity contribution is -0.122. The Bertz CT molecular complexity index is 1330. The highest BCUT2D eigenvalue weighted by Crippen LogP contribution is 2.42. The Morgan fingerprint density at radius 1 is 0.906 bits per heavy atom. The van der Waals surface area contributed by atoms with Crippen LogP contribution in [-0.4, -0.2) is 26.2 Å². The third kappa shape index (κ3) is 3.15. The molecule has 2 aromatic carbocycles. The first kappa shape index (κ1) is 20.0. The van der Waals surface area contributed by atoms with E-state index < -0.39 is 29.3 Å². The second-order valence-corrected chi connectivity index (χ2v) is 8.28. The maximum absolute atomic E-state index is 13.1. The van der Waals surface area contributed by atoms with Gasteiger partial charge in [-0.05, 0) is 31.0 Å². The summed E-state index contributed by atoms with van der Waals surface area (Å²) in [6.07, 6.45) is 2.04. The number of hydrogen-bond acceptors (Lipinski definition) is 4. The van der Waals surface area contributed by atoms with Gasteiger partial charge in [-0.1, -0.05) is 60.2 Å². The first-order valence-electron chi connectivity index (χ1n) is 10.5. The topological polar surface area (TPSA) is 97.2 Å². The highest BCUT2D eigenvalue weighted by molar-refractivity contribution is 6.22. The van der Waals surface area contributed by atoms with E-state index in [1.807, 2.05) is 43.3 Å². The predicted octanol–water partition coefficient (Wildman–Crippen LogP) is 2.08. The van der Waals surface area contributed by atoms with Crippen LogP contribution in [0.15, 0.2) is 81.9 Å². The molecule has 3 atom stereocenters. The van der Waals surface area contributed by atoms with Crippen LogP contribution in [0.25, 0.3) is 0 Å². The number of aromatic amines is 1. The zero-order valence-electron chi connectivity index (χ0n) is 17.5. The van der Waals surface area contributed by atoms with Crippen molar-refractivity contribution in [1.29, 1.82) is 0 Å². The Balaban J connectivity index is 1.47. The number of hydrogen-bond donors (Lipinski definition) is 1. The van der Waals surface area contributed by atoms with Gasteiger partial charge < -0.3 is 0 Å². The number of aromatic nitrogens is 3. The van der Waals surface area contributed by atoms with E-state index >= 15 is 0 Å². The van der Waals surface area contributed by atoms with Gasteiger partial charge >= 0.3 is 11.4 Å². The van der Waals surface area contributed by atoms with Crippen molar-refractivity contribution in [3.63, 3.8) is 0 Å². The van der Waals surface area contributed by atoms with E-state index in [0.29, 0.717) is 5.69 Å². The van der Waals surface area contributed by atoms with Gasteiger partial charge in [-0.25, -0.2) is 28.8 Å². The average Bonchev–Trinajstić information content (AvgIpc) is 3.21. The molecule has 1 saturated heterocycles. The van der Waals surface area contributed by atoms with Crippen LogP contribution < -0.4 is 16.3 Å². The molecule has 0 spiro atoms. The number of rotatable bonds is 4. The van der Waals surface area contributed by atoms with Gasteiger partial charge in [0.1, 0.15) is 0 Å². The van der Waals surface area contributed by atoms with Crippen LogP contribution >= 0.6 is 0 Å². The third-order valence-corrected chi connectivity index (χ3v) is 6.33. The summed E-state index contributed by atoms with van der Waals surface area (Å²) >= 11 is 0. The second kappa shape index (κ2) is 7.64. The summed E-state index contributed by atoms with van der Waals surface area (Å²) in [5, 5.41) is 2.64. The zero-order chi connectivity index (χ0) is 22.4. The number of H-pyrrole nitrogens is 1. The normalized spacial score (nSPS) is 22.7. The van der Waals surface area contributed by atoms with E-state index in [2.05, 4.69) is 5.10 Å². The van der Waals surface area contributed by atoms with Gasteiger partial charge in [0.15, 0.2) is 0 Å². The van der Waals surface area contributed by atoms with Gasteiger partial charge in [0.25, 0.3) is 0 Å². The monoisotopic (exact) mass is 430 g/mol. The number of nitrogens with zero attached hydrogens (tertiary/aromatic N) is 3. The van der Waals surface area contributed by atoms with E-state index in [4.69, 9.17) is 0 Å². The fourth-order valence-corrected chi connectivity index (χ4v) is 4.69. The molecule has 1 N–H and O–H groups in total. The van der Waals surface area contributed by atoms with Crippen molar-refractivity contribution in [2.75, 3.05) is 4.90 Å². The zero-order valence-corrected chi connectivity index (χ0v) is 17.5. The van der Waals surface area contributed by atoms with E-state index in [0.717, 1.165) is 15.7 Å². The van der Waals surface area contributed by atoms with E-state index in [9.17, 15) is 19.2 Å². The number of fused-ring (bicyclic) bond motifs is 1. The van der Waals surface area contributed by atoms with Gasteiger partial charge in [-0.2, -0.15) is 0 Å². The van der Waals surface area contributed by atoms with Crippen molar-refractivity contribution in [3.05, 3.63) is 98.8 Å². The molecule has 3 aromatic rings. The van der Waals surface area contributed by atoms with Crippen LogP contribution in [-0.2, 0) is 16.1 Å². The van der Waals surface area contributed by atoms with Gasteiger partial charge in [-0.3, -0.25) is 9.59 Å². The minimum Gasteiger partial charge on any atom is -0.274 e. The average molecular weight is 430 g/mol. The molecule has 32 heavy (non-hydrogen) atoms. The number of amides is 2. The lowest BCUT2D eigenvalue weighted by atomic mass is 9.80. The molecule has 1 fully saturated rings. The Kier molecular flexibility index (Phi) is 4.77. The number of para-hydroxylation sites is 1. The first-order valence-corrected chi connectivity index (χ1v) is 10.5. The fraction of sp³-hybridized carbons (Fsp3) is 0.250. The number of carbonyl (C=O) groups excluding carboxylic acids is 2. The summed E-state index contributed by atoms with van der Waals surface area (Å²) in [4.78, 5) is 53.0. The highest BCUT2D eigenvalue weighted by Gasteiger charge is 2.50. The predicted molar refractivity (Wildman–Crippen MR) is 118 cm³/mol. The van der Waals surface area contributed by atoms with Gasteiger partial charge in [0, 0.05) is 0 Å². The molecular weight excluding hydrogens is 408 g/mol. The molecule has 162 valence electrons. The number of imide groups is 1. The largest absolute Gasteiger partial charge is 0.347 e. The van der Waals surface area contributed by atoms with Crippen LogP contribution in [0.1, 0.15) is 24.9 Å². The van der Waals surface area contributed by atoms with Crippen LogP contribution in [0.4, 0.5) is 5.69 Å². The Morgan fingerprint density at radius 2 is 1.56 bits per heavy atom. The van der Waals surface area contributed by atoms with Gasteiger partial charge in [0.05, 0.1) is 30.1 Å². The summed E-state index contributed by atoms with van der Waals surface area (Å²) in [6, 6.07) is 17.6. The first-order chi connectivity index (χ1) is 15.5. The number of carbonyl (C=O) groups is 2. The molecule has 0 unspecified atom stereocenters. The maximum atomic E-state index is 13.1. The maximum Gasteiger partial charge on any atom is 0.347 e. The third-order valence-electron chi connectivity index (χ3n) is 6.33. The molecule has 2 amide bonds. The molecule has 1 aliphatic heterocycles. The number of anilines is 1. The Hall–Kier alpha value is -3.94. The number of benzene rings is 2. The summed E-state index contributed by atoms with van der Waals surface area (Å²) in [7, 11) is 0. The van der Waals surface area contributed by atoms with Crippen molar-refractivity contribution < 1.29 is 9.59 Å². The SMILES string of the molecule is CC1=C[C@@H]2C(=O)N(c3ccccc3)C(=O)[C@@H]2C[C@@H]1n1[nH]c(=O)n(Cc2ccccc2)c1=O. The van der Waals surface area contributed by atoms with Crippen LogP contribution in [0.3, 0.4) is 0 Å². The van der Waals surface area contributed by atoms with Crippen LogP contribution in [0.2, 0.25) is 0 Å². The highest BCUT2D eigenvalue weighted by atomic mass is 16.2. The second-order valence-electron chi connectivity index (χ2n) is 8.28. The van der Waals surface area contributed by atoms with Crippen molar-refractivity contribution in [1.82, 2.24) is 14.3 Å². The minimum atomic E-state index is -0.579. The molecule has 1 aliphatic carbocycles. The quantitative estimate of drug-likeness (QED) is 0.506. The van der Waals surface area contributed by atoms with Crippen molar-refractivity contribution in [2.24, 2.45) is 11.8 Å².